The normalized spacial score (nSPS) is 12.3. The molecule has 3 aromatic rings. The number of hydrogen-bond acceptors (Lipinski definition) is 5. The maximum Gasteiger partial charge on any atom is 0.433 e. The molecule has 0 unspecified atom stereocenters. The van der Waals surface area contributed by atoms with E-state index in [1.165, 1.54) is 23.8 Å². The Morgan fingerprint density at radius 1 is 1.22 bits per heavy atom. The molecule has 0 N–H and O–H groups in total. The summed E-state index contributed by atoms with van der Waals surface area (Å²) in [6.45, 7) is 1.47. The largest absolute Gasteiger partial charge is 0.433 e. The van der Waals surface area contributed by atoms with Gasteiger partial charge in [0.25, 0.3) is 0 Å². The molecule has 140 valence electrons. The molecular weight excluding hydrogens is 381 g/mol. The van der Waals surface area contributed by atoms with E-state index in [-0.39, 0.29) is 33.2 Å². The van der Waals surface area contributed by atoms with Gasteiger partial charge in [-0.25, -0.2) is 18.4 Å². The zero-order chi connectivity index (χ0) is 20.0. The van der Waals surface area contributed by atoms with Gasteiger partial charge in [0.2, 0.25) is 0 Å². The van der Waals surface area contributed by atoms with Crippen molar-refractivity contribution in [1.82, 2.24) is 19.5 Å². The fraction of sp³-hybridized carbons (Fsp3) is 0.235. The number of hydrogen-bond donors (Lipinski definition) is 0. The highest BCUT2D eigenvalue weighted by Crippen LogP contribution is 2.32. The predicted octanol–water partition coefficient (Wildman–Crippen LogP) is 2.82. The maximum absolute atomic E-state index is 12.9. The number of pyridine rings is 2. The third-order valence-corrected chi connectivity index (χ3v) is 5.75. The topological polar surface area (TPSA) is 77.7 Å². The van der Waals surface area contributed by atoms with Crippen LogP contribution in [0.4, 0.5) is 13.2 Å². The van der Waals surface area contributed by atoms with E-state index in [2.05, 4.69) is 20.9 Å². The van der Waals surface area contributed by atoms with Crippen LogP contribution < -0.4 is 0 Å². The van der Waals surface area contributed by atoms with E-state index in [1.807, 2.05) is 0 Å². The molecule has 0 atom stereocenters. The summed E-state index contributed by atoms with van der Waals surface area (Å²) in [6.07, 6.45) is 3.05. The number of terminal acetylenes is 1. The smallest absolute Gasteiger partial charge is 0.324 e. The van der Waals surface area contributed by atoms with E-state index in [0.717, 1.165) is 12.3 Å². The summed E-state index contributed by atoms with van der Waals surface area (Å²) < 4.78 is 65.0. The van der Waals surface area contributed by atoms with Gasteiger partial charge in [0.05, 0.1) is 27.9 Å². The summed E-state index contributed by atoms with van der Waals surface area (Å²) in [5, 5.41) is 0. The molecule has 6 nitrogen and oxygen atoms in total. The van der Waals surface area contributed by atoms with Gasteiger partial charge in [-0.1, -0.05) is 12.8 Å². The minimum Gasteiger partial charge on any atom is -0.324 e. The van der Waals surface area contributed by atoms with E-state index < -0.39 is 21.7 Å². The van der Waals surface area contributed by atoms with Crippen molar-refractivity contribution < 1.29 is 21.6 Å². The number of sulfone groups is 1. The molecule has 0 bridgehead atoms. The molecule has 0 aliphatic heterocycles. The summed E-state index contributed by atoms with van der Waals surface area (Å²) >= 11 is 0. The molecular formula is C17H13F3N4O2S. The zero-order valence-electron chi connectivity index (χ0n) is 14.2. The summed E-state index contributed by atoms with van der Waals surface area (Å²) in [4.78, 5) is 11.6. The first-order valence-corrected chi connectivity index (χ1v) is 9.33. The number of imidazole rings is 1. The highest BCUT2D eigenvalue weighted by Gasteiger charge is 2.33. The van der Waals surface area contributed by atoms with Gasteiger partial charge < -0.3 is 4.57 Å². The molecule has 0 radical (unpaired) electrons. The highest BCUT2D eigenvalue weighted by molar-refractivity contribution is 7.91. The third kappa shape index (κ3) is 3.26. The predicted molar refractivity (Wildman–Crippen MR) is 92.4 cm³/mol. The molecule has 0 fully saturated rings. The van der Waals surface area contributed by atoms with E-state index in [0.29, 0.717) is 5.52 Å². The summed E-state index contributed by atoms with van der Waals surface area (Å²) in [5.74, 6) is 2.22. The third-order valence-electron chi connectivity index (χ3n) is 4.00. The summed E-state index contributed by atoms with van der Waals surface area (Å²) in [6, 6.07) is 2.11. The van der Waals surface area contributed by atoms with Crippen LogP contribution in [0.1, 0.15) is 18.2 Å². The molecule has 3 rings (SSSR count). The first-order valence-electron chi connectivity index (χ1n) is 7.68. The van der Waals surface area contributed by atoms with Gasteiger partial charge in [-0.2, -0.15) is 13.2 Å². The first kappa shape index (κ1) is 18.8. The Hall–Kier alpha value is -2.93. The van der Waals surface area contributed by atoms with Crippen molar-refractivity contribution >= 4 is 20.9 Å². The van der Waals surface area contributed by atoms with Crippen LogP contribution >= 0.6 is 0 Å². The van der Waals surface area contributed by atoms with Gasteiger partial charge in [0.1, 0.15) is 11.4 Å². The molecule has 0 spiro atoms. The Labute approximate surface area is 153 Å². The molecule has 0 aromatic carbocycles. The van der Waals surface area contributed by atoms with Gasteiger partial charge in [-0.3, -0.25) is 4.98 Å². The van der Waals surface area contributed by atoms with Gasteiger partial charge in [-0.05, 0) is 12.1 Å². The quantitative estimate of drug-likeness (QED) is 0.639. The second kappa shape index (κ2) is 6.35. The molecule has 0 aliphatic rings. The summed E-state index contributed by atoms with van der Waals surface area (Å²) in [5.41, 5.74) is -0.469. The average Bonchev–Trinajstić information content (AvgIpc) is 2.96. The fourth-order valence-corrected chi connectivity index (χ4v) is 3.60. The van der Waals surface area contributed by atoms with Crippen molar-refractivity contribution in [3.63, 3.8) is 0 Å². The lowest BCUT2D eigenvalue weighted by molar-refractivity contribution is -0.141. The first-order chi connectivity index (χ1) is 12.6. The standard InChI is InChI=1S/C17H13F3N4O2S/c1-4-10-6-13(27(25,26)5-2)15(22-8-10)16-23-11-7-14(17(18,19)20)21-9-12(11)24(16)3/h1,6-9H,5H2,2-3H3. The van der Waals surface area contributed by atoms with Gasteiger partial charge >= 0.3 is 6.18 Å². The van der Waals surface area contributed by atoms with Gasteiger partial charge in [0.15, 0.2) is 15.7 Å². The van der Waals surface area contributed by atoms with Crippen LogP contribution in [0.3, 0.4) is 0 Å². The Balaban J connectivity index is 2.30. The lowest BCUT2D eigenvalue weighted by Gasteiger charge is -2.09. The van der Waals surface area contributed by atoms with Crippen molar-refractivity contribution in [2.24, 2.45) is 7.05 Å². The molecule has 3 aromatic heterocycles. The molecule has 0 saturated heterocycles. The lowest BCUT2D eigenvalue weighted by Crippen LogP contribution is -2.09. The monoisotopic (exact) mass is 394 g/mol. The second-order valence-electron chi connectivity index (χ2n) is 5.67. The van der Waals surface area contributed by atoms with Crippen LogP contribution in [-0.2, 0) is 23.1 Å². The number of rotatable bonds is 3. The molecule has 0 amide bonds. The van der Waals surface area contributed by atoms with Crippen molar-refractivity contribution in [2.75, 3.05) is 5.75 Å². The average molecular weight is 394 g/mol. The van der Waals surface area contributed by atoms with E-state index >= 15 is 0 Å². The molecule has 0 aliphatic carbocycles. The molecule has 0 saturated carbocycles. The summed E-state index contributed by atoms with van der Waals surface area (Å²) in [7, 11) is -2.16. The van der Waals surface area contributed by atoms with Crippen molar-refractivity contribution in [1.29, 1.82) is 0 Å². The van der Waals surface area contributed by atoms with E-state index in [9.17, 15) is 21.6 Å². The van der Waals surface area contributed by atoms with Crippen LogP contribution in [0, 0.1) is 12.3 Å². The fourth-order valence-electron chi connectivity index (χ4n) is 2.54. The van der Waals surface area contributed by atoms with Crippen LogP contribution in [0.25, 0.3) is 22.6 Å². The zero-order valence-corrected chi connectivity index (χ0v) is 15.1. The maximum atomic E-state index is 12.9. The van der Waals surface area contributed by atoms with Crippen LogP contribution in [0.5, 0.6) is 0 Å². The molecule has 27 heavy (non-hydrogen) atoms. The van der Waals surface area contributed by atoms with E-state index in [1.54, 1.807) is 7.05 Å². The minimum absolute atomic E-state index is 0.0168. The Bertz CT molecular complexity index is 1190. The molecule has 10 heteroatoms. The van der Waals surface area contributed by atoms with E-state index in [4.69, 9.17) is 6.42 Å². The van der Waals surface area contributed by atoms with Crippen LogP contribution in [-0.4, -0.2) is 33.7 Å². The van der Waals surface area contributed by atoms with Crippen molar-refractivity contribution in [3.8, 4) is 23.9 Å². The number of alkyl halides is 3. The SMILES string of the molecule is C#Cc1cnc(-c2nc3cc(C(F)(F)F)ncc3n2C)c(S(=O)(=O)CC)c1. The van der Waals surface area contributed by atoms with Crippen LogP contribution in [0.15, 0.2) is 29.4 Å². The minimum atomic E-state index is -4.62. The van der Waals surface area contributed by atoms with Crippen molar-refractivity contribution in [2.45, 2.75) is 18.0 Å². The Kier molecular flexibility index (Phi) is 4.43. The Morgan fingerprint density at radius 3 is 2.52 bits per heavy atom. The number of aromatic nitrogens is 4. The van der Waals surface area contributed by atoms with Gasteiger partial charge in [0, 0.05) is 18.8 Å². The number of fused-ring (bicyclic) bond motifs is 1. The second-order valence-corrected chi connectivity index (χ2v) is 7.92. The highest BCUT2D eigenvalue weighted by atomic mass is 32.2. The number of aryl methyl sites for hydroxylation is 1. The Morgan fingerprint density at radius 2 is 1.93 bits per heavy atom. The number of nitrogens with zero attached hydrogens (tertiary/aromatic N) is 4. The molecule has 3 heterocycles. The van der Waals surface area contributed by atoms with Crippen molar-refractivity contribution in [3.05, 3.63) is 35.8 Å². The van der Waals surface area contributed by atoms with Crippen LogP contribution in [0.2, 0.25) is 0 Å². The van der Waals surface area contributed by atoms with Gasteiger partial charge in [-0.15, -0.1) is 6.42 Å². The lowest BCUT2D eigenvalue weighted by atomic mass is 10.2. The number of halogens is 3.